The highest BCUT2D eigenvalue weighted by Gasteiger charge is 2.24. The van der Waals surface area contributed by atoms with Crippen LogP contribution < -0.4 is 15.4 Å². The van der Waals surface area contributed by atoms with Gasteiger partial charge in [-0.05, 0) is 64.2 Å². The fourth-order valence-corrected chi connectivity index (χ4v) is 4.19. The second-order valence-corrected chi connectivity index (χ2v) is 8.13. The van der Waals surface area contributed by atoms with E-state index in [9.17, 15) is 0 Å². The van der Waals surface area contributed by atoms with Gasteiger partial charge in [0.2, 0.25) is 0 Å². The van der Waals surface area contributed by atoms with Gasteiger partial charge in [-0.2, -0.15) is 11.8 Å². The van der Waals surface area contributed by atoms with Gasteiger partial charge in [-0.15, -0.1) is 0 Å². The summed E-state index contributed by atoms with van der Waals surface area (Å²) in [5, 5.41) is 7.81. The predicted octanol–water partition coefficient (Wildman–Crippen LogP) is 3.14. The molecule has 0 amide bonds. The minimum Gasteiger partial charge on any atom is -0.497 e. The number of nitrogens with zero attached hydrogens (tertiary/aromatic N) is 2. The number of hydrogen-bond donors (Lipinski definition) is 2. The molecule has 6 heteroatoms. The van der Waals surface area contributed by atoms with Gasteiger partial charge in [0.25, 0.3) is 0 Å². The van der Waals surface area contributed by atoms with Crippen LogP contribution in [0.2, 0.25) is 0 Å². The summed E-state index contributed by atoms with van der Waals surface area (Å²) in [5.41, 5.74) is 1.22. The zero-order valence-electron chi connectivity index (χ0n) is 16.8. The molecule has 0 saturated heterocycles. The van der Waals surface area contributed by atoms with E-state index < -0.39 is 0 Å². The quantitative estimate of drug-likeness (QED) is 0.538. The van der Waals surface area contributed by atoms with Gasteiger partial charge >= 0.3 is 0 Å². The molecule has 1 aliphatic carbocycles. The first-order valence-corrected chi connectivity index (χ1v) is 10.7. The molecule has 1 fully saturated rings. The number of aliphatic imine (C=N–C) groups is 1. The van der Waals surface area contributed by atoms with E-state index in [2.05, 4.69) is 54.9 Å². The van der Waals surface area contributed by atoms with Crippen LogP contribution in [0.25, 0.3) is 0 Å². The molecule has 1 saturated carbocycles. The number of rotatable bonds is 8. The maximum Gasteiger partial charge on any atom is 0.191 e. The summed E-state index contributed by atoms with van der Waals surface area (Å²) in [4.78, 5) is 7.10. The fraction of sp³-hybridized carbons (Fsp3) is 0.650. The van der Waals surface area contributed by atoms with Crippen molar-refractivity contribution in [1.82, 2.24) is 15.5 Å². The molecule has 3 atom stereocenters. The molecule has 3 unspecified atom stereocenters. The standard InChI is InChI=1S/C20H34N4OS/c1-6-21-20(23-16-10-11-18(13-16)26-5)22-14-19(24(2)3)15-8-7-9-17(12-15)25-4/h7-9,12,16,18-19H,6,10-11,13-14H2,1-5H3,(H2,21,22,23). The average molecular weight is 379 g/mol. The molecule has 1 aromatic rings. The van der Waals surface area contributed by atoms with E-state index in [0.717, 1.165) is 23.5 Å². The zero-order chi connectivity index (χ0) is 18.9. The van der Waals surface area contributed by atoms with Gasteiger partial charge in [-0.25, -0.2) is 0 Å². The van der Waals surface area contributed by atoms with Crippen LogP contribution in [-0.2, 0) is 0 Å². The lowest BCUT2D eigenvalue weighted by Crippen LogP contribution is -2.43. The van der Waals surface area contributed by atoms with Gasteiger partial charge in [0.1, 0.15) is 5.75 Å². The van der Waals surface area contributed by atoms with E-state index in [1.165, 1.54) is 24.8 Å². The summed E-state index contributed by atoms with van der Waals surface area (Å²) in [7, 11) is 5.90. The summed E-state index contributed by atoms with van der Waals surface area (Å²) >= 11 is 1.98. The van der Waals surface area contributed by atoms with E-state index in [4.69, 9.17) is 9.73 Å². The maximum absolute atomic E-state index is 5.38. The number of guanidine groups is 1. The van der Waals surface area contributed by atoms with Crippen LogP contribution in [0.3, 0.4) is 0 Å². The van der Waals surface area contributed by atoms with Crippen molar-refractivity contribution in [3.63, 3.8) is 0 Å². The third kappa shape index (κ3) is 6.09. The predicted molar refractivity (Wildman–Crippen MR) is 113 cm³/mol. The molecule has 0 bridgehead atoms. The second kappa shape index (κ2) is 10.7. The third-order valence-electron chi connectivity index (χ3n) is 4.93. The summed E-state index contributed by atoms with van der Waals surface area (Å²) < 4.78 is 5.38. The SMILES string of the molecule is CCNC(=NCC(c1cccc(OC)c1)N(C)C)NC1CCC(SC)C1. The van der Waals surface area contributed by atoms with Crippen LogP contribution in [0.5, 0.6) is 5.75 Å². The van der Waals surface area contributed by atoms with Crippen LogP contribution >= 0.6 is 11.8 Å². The number of thioether (sulfide) groups is 1. The van der Waals surface area contributed by atoms with Gasteiger partial charge in [-0.3, -0.25) is 4.99 Å². The molecule has 0 heterocycles. The molecule has 0 radical (unpaired) electrons. The van der Waals surface area contributed by atoms with Gasteiger partial charge in [-0.1, -0.05) is 12.1 Å². The van der Waals surface area contributed by atoms with Crippen LogP contribution in [0.1, 0.15) is 37.8 Å². The van der Waals surface area contributed by atoms with Crippen LogP contribution in [0, 0.1) is 0 Å². The van der Waals surface area contributed by atoms with Gasteiger partial charge in [0.05, 0.1) is 19.7 Å². The normalized spacial score (nSPS) is 21.7. The number of methoxy groups -OCH3 is 1. The lowest BCUT2D eigenvalue weighted by Gasteiger charge is -2.24. The first-order chi connectivity index (χ1) is 12.6. The lowest BCUT2D eigenvalue weighted by molar-refractivity contribution is 0.305. The first-order valence-electron chi connectivity index (χ1n) is 9.45. The van der Waals surface area contributed by atoms with Crippen LogP contribution in [-0.4, -0.2) is 62.7 Å². The summed E-state index contributed by atoms with van der Waals surface area (Å²) in [6.45, 7) is 3.69. The second-order valence-electron chi connectivity index (χ2n) is 6.99. The minimum absolute atomic E-state index is 0.211. The Labute approximate surface area is 163 Å². The van der Waals surface area contributed by atoms with Crippen molar-refractivity contribution in [2.24, 2.45) is 4.99 Å². The summed E-state index contributed by atoms with van der Waals surface area (Å²) in [5.74, 6) is 1.81. The highest BCUT2D eigenvalue weighted by Crippen LogP contribution is 2.28. The van der Waals surface area contributed by atoms with Crippen molar-refractivity contribution in [3.8, 4) is 5.75 Å². The first kappa shape index (κ1) is 20.9. The highest BCUT2D eigenvalue weighted by atomic mass is 32.2. The molecule has 1 aromatic carbocycles. The monoisotopic (exact) mass is 378 g/mol. The molecule has 0 aromatic heterocycles. The van der Waals surface area contributed by atoms with Gasteiger partial charge in [0, 0.05) is 17.8 Å². The molecular weight excluding hydrogens is 344 g/mol. The van der Waals surface area contributed by atoms with Gasteiger partial charge in [0.15, 0.2) is 5.96 Å². The Morgan fingerprint density at radius 1 is 1.38 bits per heavy atom. The van der Waals surface area contributed by atoms with Crippen molar-refractivity contribution in [2.45, 2.75) is 43.5 Å². The Bertz CT molecular complexity index is 579. The molecule has 0 spiro atoms. The van der Waals surface area contributed by atoms with Crippen molar-refractivity contribution in [2.75, 3.05) is 40.6 Å². The number of nitrogens with one attached hydrogen (secondary N) is 2. The largest absolute Gasteiger partial charge is 0.497 e. The third-order valence-corrected chi connectivity index (χ3v) is 6.02. The average Bonchev–Trinajstić information content (AvgIpc) is 3.09. The Hall–Kier alpha value is -1.40. The molecule has 2 rings (SSSR count). The van der Waals surface area contributed by atoms with Crippen LogP contribution in [0.4, 0.5) is 0 Å². The van der Waals surface area contributed by atoms with Crippen LogP contribution in [0.15, 0.2) is 29.3 Å². The number of likely N-dealkylation sites (N-methyl/N-ethyl adjacent to an activating group) is 1. The highest BCUT2D eigenvalue weighted by molar-refractivity contribution is 7.99. The Balaban J connectivity index is 2.06. The van der Waals surface area contributed by atoms with E-state index in [1.807, 2.05) is 23.9 Å². The molecule has 2 N–H and O–H groups in total. The number of ether oxygens (including phenoxy) is 1. The van der Waals surface area contributed by atoms with Crippen molar-refractivity contribution < 1.29 is 4.74 Å². The Morgan fingerprint density at radius 2 is 2.19 bits per heavy atom. The molecule has 5 nitrogen and oxygen atoms in total. The maximum atomic E-state index is 5.38. The van der Waals surface area contributed by atoms with Gasteiger partial charge < -0.3 is 20.3 Å². The lowest BCUT2D eigenvalue weighted by atomic mass is 10.1. The van der Waals surface area contributed by atoms with Crippen molar-refractivity contribution in [3.05, 3.63) is 29.8 Å². The molecule has 1 aliphatic rings. The summed E-state index contributed by atoms with van der Waals surface area (Å²) in [6, 6.07) is 9.00. The van der Waals surface area contributed by atoms with E-state index in [1.54, 1.807) is 7.11 Å². The minimum atomic E-state index is 0.211. The summed E-state index contributed by atoms with van der Waals surface area (Å²) in [6.07, 6.45) is 5.95. The van der Waals surface area contributed by atoms with E-state index in [-0.39, 0.29) is 6.04 Å². The number of benzene rings is 1. The van der Waals surface area contributed by atoms with E-state index in [0.29, 0.717) is 12.6 Å². The Kier molecular flexibility index (Phi) is 8.59. The number of hydrogen-bond acceptors (Lipinski definition) is 4. The smallest absolute Gasteiger partial charge is 0.191 e. The molecule has 26 heavy (non-hydrogen) atoms. The molecular formula is C20H34N4OS. The molecule has 146 valence electrons. The van der Waals surface area contributed by atoms with Crippen molar-refractivity contribution in [1.29, 1.82) is 0 Å². The topological polar surface area (TPSA) is 48.9 Å². The molecule has 0 aliphatic heterocycles. The van der Waals surface area contributed by atoms with Crippen molar-refractivity contribution >= 4 is 17.7 Å². The Morgan fingerprint density at radius 3 is 2.81 bits per heavy atom. The fourth-order valence-electron chi connectivity index (χ4n) is 3.39. The van der Waals surface area contributed by atoms with E-state index >= 15 is 0 Å². The zero-order valence-corrected chi connectivity index (χ0v) is 17.6.